The summed E-state index contributed by atoms with van der Waals surface area (Å²) in [5.74, 6) is 0.833. The van der Waals surface area contributed by atoms with Crippen LogP contribution in [0.1, 0.15) is 49.4 Å². The summed E-state index contributed by atoms with van der Waals surface area (Å²) < 4.78 is 0. The molecule has 0 spiro atoms. The second-order valence-corrected chi connectivity index (χ2v) is 6.02. The van der Waals surface area contributed by atoms with Crippen molar-refractivity contribution in [2.45, 2.75) is 58.5 Å². The summed E-state index contributed by atoms with van der Waals surface area (Å²) in [5.41, 5.74) is 0. The van der Waals surface area contributed by atoms with Gasteiger partial charge in [-0.1, -0.05) is 26.7 Å². The molecule has 0 aliphatic heterocycles. The number of aryl methyl sites for hydroxylation is 1. The molecule has 2 rings (SSSR count). The fourth-order valence-electron chi connectivity index (χ4n) is 2.43. The molecule has 90 valence electrons. The molecule has 0 bridgehead atoms. The van der Waals surface area contributed by atoms with Gasteiger partial charge in [0.2, 0.25) is 0 Å². The van der Waals surface area contributed by atoms with E-state index >= 15 is 0 Å². The van der Waals surface area contributed by atoms with E-state index in [1.165, 1.54) is 35.6 Å². The van der Waals surface area contributed by atoms with Crippen LogP contribution in [0.5, 0.6) is 0 Å². The minimum Gasteiger partial charge on any atom is -0.307 e. The molecule has 1 saturated carbocycles. The van der Waals surface area contributed by atoms with E-state index in [1.54, 1.807) is 0 Å². The Balaban J connectivity index is 1.81. The van der Waals surface area contributed by atoms with E-state index in [-0.39, 0.29) is 0 Å². The van der Waals surface area contributed by atoms with E-state index in [9.17, 15) is 0 Å². The molecule has 1 aliphatic carbocycles. The third-order valence-corrected chi connectivity index (χ3v) is 4.72. The Morgan fingerprint density at radius 2 is 2.25 bits per heavy atom. The molecule has 0 amide bonds. The van der Waals surface area contributed by atoms with Crippen LogP contribution in [0.25, 0.3) is 0 Å². The van der Waals surface area contributed by atoms with E-state index in [4.69, 9.17) is 0 Å². The van der Waals surface area contributed by atoms with Crippen molar-refractivity contribution < 1.29 is 0 Å². The second-order valence-electron chi connectivity index (χ2n) is 4.82. The highest BCUT2D eigenvalue weighted by molar-refractivity contribution is 7.11. The van der Waals surface area contributed by atoms with Crippen molar-refractivity contribution in [3.63, 3.8) is 0 Å². The van der Waals surface area contributed by atoms with E-state index in [2.05, 4.69) is 24.1 Å². The molecule has 2 nitrogen and oxygen atoms in total. The topological polar surface area (TPSA) is 24.9 Å². The lowest BCUT2D eigenvalue weighted by Gasteiger charge is -2.29. The summed E-state index contributed by atoms with van der Waals surface area (Å²) in [6, 6.07) is 0.711. The van der Waals surface area contributed by atoms with Crippen molar-refractivity contribution in [2.75, 3.05) is 0 Å². The van der Waals surface area contributed by atoms with Crippen LogP contribution < -0.4 is 5.32 Å². The number of rotatable bonds is 4. The minimum atomic E-state index is 0.711. The third-order valence-electron chi connectivity index (χ3n) is 3.58. The molecule has 1 aromatic heterocycles. The lowest BCUT2D eigenvalue weighted by molar-refractivity contribution is 0.279. The summed E-state index contributed by atoms with van der Waals surface area (Å²) in [5, 5.41) is 4.92. The second kappa shape index (κ2) is 5.78. The normalized spacial score (nSPS) is 25.9. The SMILES string of the molecule is CCc1cnc(CNC2CCCCC2C)s1. The van der Waals surface area contributed by atoms with Gasteiger partial charge in [0, 0.05) is 23.7 Å². The van der Waals surface area contributed by atoms with Gasteiger partial charge in [-0.2, -0.15) is 0 Å². The van der Waals surface area contributed by atoms with Gasteiger partial charge in [0.15, 0.2) is 0 Å². The fourth-order valence-corrected chi connectivity index (χ4v) is 3.24. The highest BCUT2D eigenvalue weighted by atomic mass is 32.1. The number of aromatic nitrogens is 1. The fraction of sp³-hybridized carbons (Fsp3) is 0.769. The molecule has 0 saturated heterocycles. The van der Waals surface area contributed by atoms with E-state index in [0.29, 0.717) is 6.04 Å². The largest absolute Gasteiger partial charge is 0.307 e. The van der Waals surface area contributed by atoms with Crippen LogP contribution in [0, 0.1) is 5.92 Å². The zero-order chi connectivity index (χ0) is 11.4. The molecule has 1 heterocycles. The quantitative estimate of drug-likeness (QED) is 0.870. The van der Waals surface area contributed by atoms with Crippen molar-refractivity contribution in [3.8, 4) is 0 Å². The molecule has 1 fully saturated rings. The Hall–Kier alpha value is -0.410. The first-order valence-corrected chi connectivity index (χ1v) is 7.28. The highest BCUT2D eigenvalue weighted by Crippen LogP contribution is 2.24. The van der Waals surface area contributed by atoms with Crippen LogP contribution in [0.3, 0.4) is 0 Å². The molecule has 2 atom stereocenters. The maximum absolute atomic E-state index is 4.45. The molecular weight excluding hydrogens is 216 g/mol. The van der Waals surface area contributed by atoms with E-state index < -0.39 is 0 Å². The van der Waals surface area contributed by atoms with E-state index in [0.717, 1.165) is 18.9 Å². The van der Waals surface area contributed by atoms with Gasteiger partial charge < -0.3 is 5.32 Å². The van der Waals surface area contributed by atoms with E-state index in [1.807, 2.05) is 17.5 Å². The monoisotopic (exact) mass is 238 g/mol. The van der Waals surface area contributed by atoms with Gasteiger partial charge in [0.25, 0.3) is 0 Å². The van der Waals surface area contributed by atoms with Crippen LogP contribution in [-0.2, 0) is 13.0 Å². The first-order chi connectivity index (χ1) is 7.79. The summed E-state index contributed by atoms with van der Waals surface area (Å²) in [7, 11) is 0. The molecule has 0 aromatic carbocycles. The Morgan fingerprint density at radius 3 is 2.94 bits per heavy atom. The van der Waals surface area contributed by atoms with Gasteiger partial charge in [0.05, 0.1) is 0 Å². The van der Waals surface area contributed by atoms with Gasteiger partial charge in [-0.25, -0.2) is 4.98 Å². The number of hydrogen-bond acceptors (Lipinski definition) is 3. The maximum Gasteiger partial charge on any atom is 0.107 e. The van der Waals surface area contributed by atoms with Crippen LogP contribution in [0.2, 0.25) is 0 Å². The molecule has 1 aromatic rings. The number of nitrogens with one attached hydrogen (secondary N) is 1. The van der Waals surface area contributed by atoms with Crippen molar-refractivity contribution in [2.24, 2.45) is 5.92 Å². The van der Waals surface area contributed by atoms with Gasteiger partial charge in [-0.15, -0.1) is 11.3 Å². The standard InChI is InChI=1S/C13H22N2S/c1-3-11-8-15-13(16-11)9-14-12-7-5-4-6-10(12)2/h8,10,12,14H,3-7,9H2,1-2H3. The molecule has 2 unspecified atom stereocenters. The van der Waals surface area contributed by atoms with Crippen LogP contribution in [-0.4, -0.2) is 11.0 Å². The van der Waals surface area contributed by atoms with Crippen LogP contribution in [0.4, 0.5) is 0 Å². The van der Waals surface area contributed by atoms with Gasteiger partial charge >= 0.3 is 0 Å². The van der Waals surface area contributed by atoms with Crippen molar-refractivity contribution >= 4 is 11.3 Å². The minimum absolute atomic E-state index is 0.711. The Bertz CT molecular complexity index is 321. The predicted octanol–water partition coefficient (Wildman–Crippen LogP) is 3.37. The summed E-state index contributed by atoms with van der Waals surface area (Å²) in [6.45, 7) is 5.52. The van der Waals surface area contributed by atoms with Crippen molar-refractivity contribution in [3.05, 3.63) is 16.1 Å². The Labute approximate surface area is 102 Å². The molecule has 16 heavy (non-hydrogen) atoms. The lowest BCUT2D eigenvalue weighted by Crippen LogP contribution is -2.36. The summed E-state index contributed by atoms with van der Waals surface area (Å²) >= 11 is 1.85. The number of thiazole rings is 1. The van der Waals surface area contributed by atoms with Crippen LogP contribution in [0.15, 0.2) is 6.20 Å². The smallest absolute Gasteiger partial charge is 0.107 e. The van der Waals surface area contributed by atoms with Gasteiger partial charge in [-0.05, 0) is 25.2 Å². The van der Waals surface area contributed by atoms with Crippen molar-refractivity contribution in [1.29, 1.82) is 0 Å². The average Bonchev–Trinajstić information content (AvgIpc) is 2.76. The molecule has 3 heteroatoms. The first kappa shape index (κ1) is 12.1. The number of hydrogen-bond donors (Lipinski definition) is 1. The number of nitrogens with zero attached hydrogens (tertiary/aromatic N) is 1. The summed E-state index contributed by atoms with van der Waals surface area (Å²) in [6.07, 6.45) is 8.66. The van der Waals surface area contributed by atoms with Crippen LogP contribution >= 0.6 is 11.3 Å². The first-order valence-electron chi connectivity index (χ1n) is 6.46. The van der Waals surface area contributed by atoms with Crippen molar-refractivity contribution in [1.82, 2.24) is 10.3 Å². The average molecular weight is 238 g/mol. The molecular formula is C13H22N2S. The lowest BCUT2D eigenvalue weighted by atomic mass is 9.86. The molecule has 1 aliphatic rings. The molecule has 1 N–H and O–H groups in total. The Morgan fingerprint density at radius 1 is 1.44 bits per heavy atom. The predicted molar refractivity (Wildman–Crippen MR) is 69.8 cm³/mol. The van der Waals surface area contributed by atoms with Gasteiger partial charge in [-0.3, -0.25) is 0 Å². The Kier molecular flexibility index (Phi) is 4.36. The summed E-state index contributed by atoms with van der Waals surface area (Å²) in [4.78, 5) is 5.85. The zero-order valence-electron chi connectivity index (χ0n) is 10.3. The third kappa shape index (κ3) is 3.05. The highest BCUT2D eigenvalue weighted by Gasteiger charge is 2.20. The maximum atomic E-state index is 4.45. The molecule has 0 radical (unpaired) electrons. The van der Waals surface area contributed by atoms with Gasteiger partial charge in [0.1, 0.15) is 5.01 Å². The zero-order valence-corrected chi connectivity index (χ0v) is 11.1.